The molecule has 4 nitrogen and oxygen atoms in total. The molecule has 4 rings (SSSR count). The van der Waals surface area contributed by atoms with Crippen molar-refractivity contribution in [1.82, 2.24) is 4.90 Å². The van der Waals surface area contributed by atoms with Crippen molar-refractivity contribution in [1.29, 1.82) is 0 Å². The topological polar surface area (TPSA) is 49.4 Å². The third kappa shape index (κ3) is 3.96. The van der Waals surface area contributed by atoms with Gasteiger partial charge in [-0.2, -0.15) is 0 Å². The van der Waals surface area contributed by atoms with Crippen molar-refractivity contribution < 1.29 is 9.59 Å². The van der Waals surface area contributed by atoms with Gasteiger partial charge in [0.25, 0.3) is 0 Å². The minimum Gasteiger partial charge on any atom is -0.326 e. The summed E-state index contributed by atoms with van der Waals surface area (Å²) in [5.41, 5.74) is 1.59. The Kier molecular flexibility index (Phi) is 4.77. The molecule has 1 aliphatic heterocycles. The van der Waals surface area contributed by atoms with Gasteiger partial charge < -0.3 is 10.2 Å². The minimum absolute atomic E-state index is 0.0794. The number of hydrogen-bond donors (Lipinski definition) is 1. The highest BCUT2D eigenvalue weighted by Gasteiger charge is 2.30. The zero-order valence-corrected chi connectivity index (χ0v) is 15.3. The highest BCUT2D eigenvalue weighted by molar-refractivity contribution is 6.02. The third-order valence-electron chi connectivity index (χ3n) is 5.53. The molecule has 2 aromatic rings. The van der Waals surface area contributed by atoms with Gasteiger partial charge in [-0.25, -0.2) is 0 Å². The quantitative estimate of drug-likeness (QED) is 0.826. The first-order chi connectivity index (χ1) is 12.6. The summed E-state index contributed by atoms with van der Waals surface area (Å²) >= 11 is 0. The van der Waals surface area contributed by atoms with Gasteiger partial charge in [-0.15, -0.1) is 0 Å². The third-order valence-corrected chi connectivity index (χ3v) is 5.53. The monoisotopic (exact) mass is 350 g/mol. The van der Waals surface area contributed by atoms with Crippen LogP contribution in [-0.2, 0) is 4.79 Å². The van der Waals surface area contributed by atoms with Crippen molar-refractivity contribution in [2.45, 2.75) is 32.6 Å². The fraction of sp³-hybridized carbons (Fsp3) is 0.455. The first-order valence-corrected chi connectivity index (χ1v) is 9.66. The van der Waals surface area contributed by atoms with Crippen molar-refractivity contribution in [3.05, 3.63) is 42.0 Å². The van der Waals surface area contributed by atoms with E-state index in [2.05, 4.69) is 10.2 Å². The number of rotatable bonds is 5. The molecule has 1 N–H and O–H groups in total. The molecule has 1 unspecified atom stereocenters. The zero-order chi connectivity index (χ0) is 18.1. The highest BCUT2D eigenvalue weighted by Crippen LogP contribution is 2.32. The van der Waals surface area contributed by atoms with Crippen molar-refractivity contribution in [2.24, 2.45) is 11.8 Å². The standard InChI is InChI=1S/C22H26N2O2/c1-15(25)23-21-9-8-17-11-19(7-6-18(17)12-21)22(26)20-3-2-10-24(14-20)13-16-4-5-16/h6-9,11-12,16,20H,2-5,10,13-14H2,1H3,(H,23,25). The number of amides is 1. The number of hydrogen-bond acceptors (Lipinski definition) is 3. The lowest BCUT2D eigenvalue weighted by molar-refractivity contribution is -0.114. The summed E-state index contributed by atoms with van der Waals surface area (Å²) < 4.78 is 0. The maximum Gasteiger partial charge on any atom is 0.221 e. The van der Waals surface area contributed by atoms with E-state index in [-0.39, 0.29) is 17.6 Å². The Labute approximate surface area is 154 Å². The van der Waals surface area contributed by atoms with Crippen molar-refractivity contribution >= 4 is 28.2 Å². The molecule has 26 heavy (non-hydrogen) atoms. The molecule has 2 fully saturated rings. The lowest BCUT2D eigenvalue weighted by Gasteiger charge is -2.32. The number of likely N-dealkylation sites (tertiary alicyclic amines) is 1. The number of Topliss-reactive ketones (excluding diaryl/α,β-unsaturated/α-hetero) is 1. The molecule has 1 amide bonds. The summed E-state index contributed by atoms with van der Waals surface area (Å²) in [6.45, 7) is 4.73. The Morgan fingerprint density at radius 2 is 1.85 bits per heavy atom. The second-order valence-electron chi connectivity index (χ2n) is 7.86. The van der Waals surface area contributed by atoms with Gasteiger partial charge in [-0.1, -0.05) is 18.2 Å². The molecular formula is C22H26N2O2. The predicted molar refractivity (Wildman–Crippen MR) is 104 cm³/mol. The number of piperidine rings is 1. The molecule has 1 saturated heterocycles. The number of carbonyl (C=O) groups excluding carboxylic acids is 2. The molecule has 4 heteroatoms. The smallest absolute Gasteiger partial charge is 0.221 e. The summed E-state index contributed by atoms with van der Waals surface area (Å²) in [7, 11) is 0. The van der Waals surface area contributed by atoms with Gasteiger partial charge in [0.2, 0.25) is 5.91 Å². The summed E-state index contributed by atoms with van der Waals surface area (Å²) in [4.78, 5) is 26.7. The number of carbonyl (C=O) groups is 2. The number of anilines is 1. The van der Waals surface area contributed by atoms with E-state index in [1.54, 1.807) is 0 Å². The average molecular weight is 350 g/mol. The van der Waals surface area contributed by atoms with Gasteiger partial charge >= 0.3 is 0 Å². The van der Waals surface area contributed by atoms with Gasteiger partial charge in [-0.05, 0) is 67.1 Å². The summed E-state index contributed by atoms with van der Waals surface area (Å²) in [5, 5.41) is 4.87. The van der Waals surface area contributed by atoms with Crippen LogP contribution < -0.4 is 5.32 Å². The Balaban J connectivity index is 1.49. The number of ketones is 1. The van der Waals surface area contributed by atoms with E-state index in [0.29, 0.717) is 0 Å². The van der Waals surface area contributed by atoms with Gasteiger partial charge in [-0.3, -0.25) is 9.59 Å². The first kappa shape index (κ1) is 17.2. The van der Waals surface area contributed by atoms with Gasteiger partial charge in [0, 0.05) is 37.2 Å². The van der Waals surface area contributed by atoms with Crippen LogP contribution in [0.4, 0.5) is 5.69 Å². The van der Waals surface area contributed by atoms with Gasteiger partial charge in [0.1, 0.15) is 0 Å². The Morgan fingerprint density at radius 1 is 1.08 bits per heavy atom. The summed E-state index contributed by atoms with van der Waals surface area (Å²) in [6.07, 6.45) is 4.84. The number of benzene rings is 2. The predicted octanol–water partition coefficient (Wildman–Crippen LogP) is 4.10. The molecule has 1 heterocycles. The van der Waals surface area contributed by atoms with Crippen LogP contribution in [0.5, 0.6) is 0 Å². The second kappa shape index (κ2) is 7.20. The Hall–Kier alpha value is -2.20. The van der Waals surface area contributed by atoms with E-state index in [0.717, 1.165) is 53.9 Å². The lowest BCUT2D eigenvalue weighted by atomic mass is 9.89. The van der Waals surface area contributed by atoms with Gasteiger partial charge in [0.05, 0.1) is 0 Å². The van der Waals surface area contributed by atoms with Crippen LogP contribution in [0.3, 0.4) is 0 Å². The van der Waals surface area contributed by atoms with Crippen LogP contribution in [0.2, 0.25) is 0 Å². The number of nitrogens with zero attached hydrogens (tertiary/aromatic N) is 1. The molecule has 0 bridgehead atoms. The second-order valence-corrected chi connectivity index (χ2v) is 7.86. The summed E-state index contributed by atoms with van der Waals surface area (Å²) in [5.74, 6) is 1.20. The minimum atomic E-state index is -0.0794. The van der Waals surface area contributed by atoms with E-state index in [1.807, 2.05) is 36.4 Å². The zero-order valence-electron chi connectivity index (χ0n) is 15.3. The molecular weight excluding hydrogens is 324 g/mol. The maximum atomic E-state index is 13.0. The largest absolute Gasteiger partial charge is 0.326 e. The van der Waals surface area contributed by atoms with E-state index in [4.69, 9.17) is 0 Å². The van der Waals surface area contributed by atoms with Crippen LogP contribution >= 0.6 is 0 Å². The maximum absolute atomic E-state index is 13.0. The molecule has 2 aromatic carbocycles. The highest BCUT2D eigenvalue weighted by atomic mass is 16.1. The molecule has 136 valence electrons. The molecule has 1 atom stereocenters. The van der Waals surface area contributed by atoms with E-state index >= 15 is 0 Å². The first-order valence-electron chi connectivity index (χ1n) is 9.66. The van der Waals surface area contributed by atoms with E-state index in [1.165, 1.54) is 26.3 Å². The SMILES string of the molecule is CC(=O)Nc1ccc2cc(C(=O)C3CCCN(CC4CC4)C3)ccc2c1. The molecule has 1 saturated carbocycles. The number of nitrogens with one attached hydrogen (secondary N) is 1. The lowest BCUT2D eigenvalue weighted by Crippen LogP contribution is -2.39. The van der Waals surface area contributed by atoms with Crippen LogP contribution in [0.1, 0.15) is 43.0 Å². The molecule has 0 radical (unpaired) electrons. The normalized spacial score (nSPS) is 20.9. The van der Waals surface area contributed by atoms with E-state index in [9.17, 15) is 9.59 Å². The van der Waals surface area contributed by atoms with Crippen LogP contribution in [0, 0.1) is 11.8 Å². The Morgan fingerprint density at radius 3 is 2.62 bits per heavy atom. The average Bonchev–Trinajstić information content (AvgIpc) is 3.44. The fourth-order valence-corrected chi connectivity index (χ4v) is 4.02. The number of fused-ring (bicyclic) bond motifs is 1. The van der Waals surface area contributed by atoms with Crippen LogP contribution in [-0.4, -0.2) is 36.2 Å². The van der Waals surface area contributed by atoms with Crippen molar-refractivity contribution in [3.8, 4) is 0 Å². The molecule has 2 aliphatic rings. The summed E-state index contributed by atoms with van der Waals surface area (Å²) in [6, 6.07) is 11.7. The molecule has 0 aromatic heterocycles. The van der Waals surface area contributed by atoms with E-state index < -0.39 is 0 Å². The van der Waals surface area contributed by atoms with Crippen molar-refractivity contribution in [3.63, 3.8) is 0 Å². The Bertz CT molecular complexity index is 841. The molecule has 0 spiro atoms. The molecule has 1 aliphatic carbocycles. The van der Waals surface area contributed by atoms with Crippen LogP contribution in [0.25, 0.3) is 10.8 Å². The fourth-order valence-electron chi connectivity index (χ4n) is 4.02. The van der Waals surface area contributed by atoms with Crippen molar-refractivity contribution in [2.75, 3.05) is 25.0 Å². The van der Waals surface area contributed by atoms with Gasteiger partial charge in [0.15, 0.2) is 5.78 Å². The van der Waals surface area contributed by atoms with Crippen LogP contribution in [0.15, 0.2) is 36.4 Å².